The van der Waals surface area contributed by atoms with E-state index < -0.39 is 26.2 Å². The SMILES string of the molecule is C=CCNS(=O)(=O)[C@@H]1CON(C)[C@H]1c1ccc([N+](=O)[O-])cc1. The van der Waals surface area contributed by atoms with Crippen LogP contribution in [0.5, 0.6) is 0 Å². The Morgan fingerprint density at radius 2 is 2.14 bits per heavy atom. The molecule has 0 bridgehead atoms. The van der Waals surface area contributed by atoms with Crippen molar-refractivity contribution in [2.24, 2.45) is 0 Å². The zero-order valence-corrected chi connectivity index (χ0v) is 12.8. The van der Waals surface area contributed by atoms with E-state index in [2.05, 4.69) is 11.3 Å². The van der Waals surface area contributed by atoms with E-state index in [1.165, 1.54) is 23.3 Å². The summed E-state index contributed by atoms with van der Waals surface area (Å²) in [7, 11) is -1.97. The summed E-state index contributed by atoms with van der Waals surface area (Å²) in [6, 6.07) is 5.25. The second kappa shape index (κ2) is 6.53. The van der Waals surface area contributed by atoms with Gasteiger partial charge in [-0.15, -0.1) is 6.58 Å². The Labute approximate surface area is 128 Å². The van der Waals surface area contributed by atoms with Gasteiger partial charge in [-0.05, 0) is 5.56 Å². The van der Waals surface area contributed by atoms with Crippen molar-refractivity contribution >= 4 is 15.7 Å². The van der Waals surface area contributed by atoms with Crippen molar-refractivity contribution in [3.63, 3.8) is 0 Å². The van der Waals surface area contributed by atoms with E-state index in [9.17, 15) is 18.5 Å². The second-order valence-electron chi connectivity index (χ2n) is 4.86. The number of hydrogen-bond donors (Lipinski definition) is 1. The lowest BCUT2D eigenvalue weighted by atomic mass is 10.0. The molecule has 1 heterocycles. The Bertz CT molecular complexity index is 659. The first-order valence-electron chi connectivity index (χ1n) is 6.56. The monoisotopic (exact) mass is 327 g/mol. The number of sulfonamides is 1. The summed E-state index contributed by atoms with van der Waals surface area (Å²) in [5.74, 6) is 0. The molecule has 2 rings (SSSR count). The average Bonchev–Trinajstić information content (AvgIpc) is 2.88. The Morgan fingerprint density at radius 3 is 2.68 bits per heavy atom. The number of nitrogens with zero attached hydrogens (tertiary/aromatic N) is 2. The highest BCUT2D eigenvalue weighted by Gasteiger charge is 2.42. The predicted molar refractivity (Wildman–Crippen MR) is 80.5 cm³/mol. The normalized spacial score (nSPS) is 22.6. The molecule has 1 fully saturated rings. The minimum atomic E-state index is -3.60. The van der Waals surface area contributed by atoms with Gasteiger partial charge in [0.05, 0.1) is 17.6 Å². The van der Waals surface area contributed by atoms with E-state index in [1.54, 1.807) is 19.2 Å². The van der Waals surface area contributed by atoms with Crippen LogP contribution in [0.3, 0.4) is 0 Å². The predicted octanol–water partition coefficient (Wildman–Crippen LogP) is 0.987. The van der Waals surface area contributed by atoms with Crippen molar-refractivity contribution < 1.29 is 18.2 Å². The van der Waals surface area contributed by atoms with Crippen molar-refractivity contribution in [1.29, 1.82) is 0 Å². The van der Waals surface area contributed by atoms with Gasteiger partial charge >= 0.3 is 0 Å². The Kier molecular flexibility index (Phi) is 4.91. The van der Waals surface area contributed by atoms with Gasteiger partial charge in [-0.25, -0.2) is 13.1 Å². The van der Waals surface area contributed by atoms with Gasteiger partial charge in [-0.2, -0.15) is 5.06 Å². The third kappa shape index (κ3) is 3.33. The molecule has 0 saturated carbocycles. The molecule has 1 saturated heterocycles. The van der Waals surface area contributed by atoms with E-state index in [-0.39, 0.29) is 18.8 Å². The smallest absolute Gasteiger partial charge is 0.269 e. The molecular formula is C13H17N3O5S. The van der Waals surface area contributed by atoms with Crippen LogP contribution in [0.2, 0.25) is 0 Å². The highest BCUT2D eigenvalue weighted by Crippen LogP contribution is 2.33. The van der Waals surface area contributed by atoms with E-state index in [1.807, 2.05) is 0 Å². The van der Waals surface area contributed by atoms with Crippen molar-refractivity contribution in [3.8, 4) is 0 Å². The quantitative estimate of drug-likeness (QED) is 0.475. The van der Waals surface area contributed by atoms with Crippen molar-refractivity contribution in [1.82, 2.24) is 9.79 Å². The first kappa shape index (κ1) is 16.6. The molecule has 0 amide bonds. The molecule has 9 heteroatoms. The number of nitrogens with one attached hydrogen (secondary N) is 1. The van der Waals surface area contributed by atoms with Gasteiger partial charge in [-0.3, -0.25) is 15.0 Å². The lowest BCUT2D eigenvalue weighted by Gasteiger charge is -2.22. The largest absolute Gasteiger partial charge is 0.297 e. The lowest BCUT2D eigenvalue weighted by Crippen LogP contribution is -2.39. The topological polar surface area (TPSA) is 102 Å². The van der Waals surface area contributed by atoms with Crippen LogP contribution in [0.4, 0.5) is 5.69 Å². The minimum absolute atomic E-state index is 0.0185. The summed E-state index contributed by atoms with van der Waals surface area (Å²) in [4.78, 5) is 15.5. The molecule has 0 radical (unpaired) electrons. The van der Waals surface area contributed by atoms with E-state index >= 15 is 0 Å². The van der Waals surface area contributed by atoms with Gasteiger partial charge in [0.1, 0.15) is 5.25 Å². The molecule has 2 atom stereocenters. The third-order valence-electron chi connectivity index (χ3n) is 3.46. The molecule has 0 unspecified atom stereocenters. The maximum atomic E-state index is 12.3. The Morgan fingerprint density at radius 1 is 1.50 bits per heavy atom. The van der Waals surface area contributed by atoms with Crippen LogP contribution in [0.1, 0.15) is 11.6 Å². The molecular weight excluding hydrogens is 310 g/mol. The molecule has 1 aromatic rings. The van der Waals surface area contributed by atoms with E-state index in [0.717, 1.165) is 0 Å². The van der Waals surface area contributed by atoms with Crippen molar-refractivity contribution in [2.75, 3.05) is 20.2 Å². The number of non-ortho nitro benzene ring substituents is 1. The van der Waals surface area contributed by atoms with Gasteiger partial charge in [0.2, 0.25) is 10.0 Å². The lowest BCUT2D eigenvalue weighted by molar-refractivity contribution is -0.384. The number of rotatable bonds is 6. The zero-order valence-electron chi connectivity index (χ0n) is 12.0. The van der Waals surface area contributed by atoms with Crippen molar-refractivity contribution in [2.45, 2.75) is 11.3 Å². The van der Waals surface area contributed by atoms with Gasteiger partial charge in [0.25, 0.3) is 5.69 Å². The van der Waals surface area contributed by atoms with Crippen LogP contribution in [0, 0.1) is 10.1 Å². The van der Waals surface area contributed by atoms with Crippen LogP contribution in [-0.4, -0.2) is 43.9 Å². The summed E-state index contributed by atoms with van der Waals surface area (Å²) >= 11 is 0. The molecule has 1 aliphatic heterocycles. The highest BCUT2D eigenvalue weighted by atomic mass is 32.2. The molecule has 0 spiro atoms. The maximum absolute atomic E-state index is 12.3. The van der Waals surface area contributed by atoms with Crippen molar-refractivity contribution in [3.05, 3.63) is 52.6 Å². The minimum Gasteiger partial charge on any atom is -0.297 e. The third-order valence-corrected chi connectivity index (χ3v) is 5.22. The number of hydroxylamine groups is 2. The summed E-state index contributed by atoms with van der Waals surface area (Å²) in [5, 5.41) is 11.3. The number of nitro benzene ring substituents is 1. The summed E-state index contributed by atoms with van der Waals surface area (Å²) in [6.07, 6.45) is 1.46. The Hall–Kier alpha value is -1.81. The molecule has 120 valence electrons. The second-order valence-corrected chi connectivity index (χ2v) is 6.84. The first-order valence-corrected chi connectivity index (χ1v) is 8.11. The fraction of sp³-hybridized carbons (Fsp3) is 0.385. The van der Waals surface area contributed by atoms with E-state index in [0.29, 0.717) is 5.56 Å². The van der Waals surface area contributed by atoms with Gasteiger partial charge < -0.3 is 0 Å². The first-order chi connectivity index (χ1) is 10.4. The number of hydrogen-bond acceptors (Lipinski definition) is 6. The summed E-state index contributed by atoms with van der Waals surface area (Å²) in [5.41, 5.74) is 0.592. The van der Waals surface area contributed by atoms with Gasteiger partial charge in [0, 0.05) is 25.7 Å². The fourth-order valence-corrected chi connectivity index (χ4v) is 3.83. The molecule has 1 aliphatic rings. The molecule has 8 nitrogen and oxygen atoms in total. The van der Waals surface area contributed by atoms with Crippen LogP contribution in [-0.2, 0) is 14.9 Å². The zero-order chi connectivity index (χ0) is 16.3. The molecule has 1 N–H and O–H groups in total. The molecule has 22 heavy (non-hydrogen) atoms. The van der Waals surface area contributed by atoms with Crippen LogP contribution >= 0.6 is 0 Å². The van der Waals surface area contributed by atoms with Crippen LogP contribution in [0.15, 0.2) is 36.9 Å². The molecule has 0 aliphatic carbocycles. The number of nitro groups is 1. The maximum Gasteiger partial charge on any atom is 0.269 e. The van der Waals surface area contributed by atoms with E-state index in [4.69, 9.17) is 4.84 Å². The Balaban J connectivity index is 2.29. The molecule has 1 aromatic carbocycles. The number of benzene rings is 1. The van der Waals surface area contributed by atoms with Crippen LogP contribution < -0.4 is 4.72 Å². The standard InChI is InChI=1S/C13H17N3O5S/c1-3-8-14-22(19,20)12-9-21-15(2)13(12)10-4-6-11(7-5-10)16(17)18/h3-7,12-14H,1,8-9H2,2H3/t12-,13+/m1/s1. The fourth-order valence-electron chi connectivity index (χ4n) is 2.36. The average molecular weight is 327 g/mol. The molecule has 0 aromatic heterocycles. The highest BCUT2D eigenvalue weighted by molar-refractivity contribution is 7.90. The summed E-state index contributed by atoms with van der Waals surface area (Å²) < 4.78 is 27.1. The summed E-state index contributed by atoms with van der Waals surface area (Å²) in [6.45, 7) is 3.63. The van der Waals surface area contributed by atoms with Gasteiger partial charge in [0.15, 0.2) is 0 Å². The van der Waals surface area contributed by atoms with Gasteiger partial charge in [-0.1, -0.05) is 18.2 Å². The van der Waals surface area contributed by atoms with Crippen LogP contribution in [0.25, 0.3) is 0 Å².